The van der Waals surface area contributed by atoms with E-state index in [1.165, 1.54) is 11.8 Å². The van der Waals surface area contributed by atoms with Crippen molar-refractivity contribution >= 4 is 29.3 Å². The number of carbonyl (C=O) groups is 2. The molecule has 0 radical (unpaired) electrons. The molecule has 2 aromatic carbocycles. The summed E-state index contributed by atoms with van der Waals surface area (Å²) in [6.45, 7) is 5.86. The maximum absolute atomic E-state index is 12.4. The van der Waals surface area contributed by atoms with Gasteiger partial charge in [-0.05, 0) is 51.1 Å². The van der Waals surface area contributed by atoms with Crippen molar-refractivity contribution in [3.05, 3.63) is 65.5 Å². The van der Waals surface area contributed by atoms with E-state index in [-0.39, 0.29) is 24.4 Å². The van der Waals surface area contributed by atoms with Crippen molar-refractivity contribution in [2.45, 2.75) is 38.6 Å². The molecule has 3 rings (SSSR count). The lowest BCUT2D eigenvalue weighted by atomic mass is 10.2. The normalized spacial score (nSPS) is 10.8. The van der Waals surface area contributed by atoms with Crippen LogP contribution in [-0.2, 0) is 23.2 Å². The number of hydrogen-bond acceptors (Lipinski definition) is 7. The molecule has 1 N–H and O–H groups in total. The molecular weight excluding hydrogens is 428 g/mol. The molecule has 1 aromatic heterocycles. The van der Waals surface area contributed by atoms with Gasteiger partial charge < -0.3 is 19.4 Å². The van der Waals surface area contributed by atoms with Gasteiger partial charge >= 0.3 is 5.97 Å². The van der Waals surface area contributed by atoms with Crippen LogP contribution in [0.1, 0.15) is 35.6 Å². The van der Waals surface area contributed by atoms with Crippen LogP contribution in [0.3, 0.4) is 0 Å². The Kier molecular flexibility index (Phi) is 7.88. The molecule has 0 spiro atoms. The van der Waals surface area contributed by atoms with Crippen LogP contribution < -0.4 is 10.1 Å². The van der Waals surface area contributed by atoms with Gasteiger partial charge in [0.1, 0.15) is 12.4 Å². The first-order valence-electron chi connectivity index (χ1n) is 10.1. The van der Waals surface area contributed by atoms with Gasteiger partial charge in [-0.1, -0.05) is 35.5 Å². The third kappa shape index (κ3) is 6.58. The van der Waals surface area contributed by atoms with Crippen molar-refractivity contribution < 1.29 is 19.1 Å². The number of anilines is 1. The Balaban J connectivity index is 1.52. The minimum absolute atomic E-state index is 0.144. The van der Waals surface area contributed by atoms with E-state index in [0.717, 1.165) is 11.3 Å². The van der Waals surface area contributed by atoms with Gasteiger partial charge in [0.15, 0.2) is 11.0 Å². The lowest BCUT2D eigenvalue weighted by molar-refractivity contribution is -0.113. The largest absolute Gasteiger partial charge is 0.486 e. The molecule has 0 saturated heterocycles. The molecule has 0 fully saturated rings. The zero-order valence-electron chi connectivity index (χ0n) is 18.5. The molecular formula is C23H26N4O4S. The third-order valence-corrected chi connectivity index (χ3v) is 5.39. The Morgan fingerprint density at radius 3 is 2.59 bits per heavy atom. The average molecular weight is 455 g/mol. The highest BCUT2D eigenvalue weighted by Gasteiger charge is 2.14. The van der Waals surface area contributed by atoms with Crippen LogP contribution in [0.25, 0.3) is 0 Å². The topological polar surface area (TPSA) is 95.3 Å². The van der Waals surface area contributed by atoms with E-state index in [1.54, 1.807) is 42.7 Å². The number of carbonyl (C=O) groups excluding carboxylic acids is 2. The van der Waals surface area contributed by atoms with E-state index in [0.29, 0.717) is 22.2 Å². The molecule has 0 unspecified atom stereocenters. The summed E-state index contributed by atoms with van der Waals surface area (Å²) in [6, 6.07) is 14.4. The van der Waals surface area contributed by atoms with Gasteiger partial charge in [0.05, 0.1) is 17.4 Å². The Morgan fingerprint density at radius 2 is 1.88 bits per heavy atom. The number of esters is 1. The molecule has 3 aromatic rings. The van der Waals surface area contributed by atoms with E-state index >= 15 is 0 Å². The molecule has 168 valence electrons. The average Bonchev–Trinajstić information content (AvgIpc) is 3.11. The van der Waals surface area contributed by atoms with Crippen molar-refractivity contribution in [3.8, 4) is 5.75 Å². The standard InChI is InChI=1S/C23H26N4O4S/c1-15(2)31-22(29)17-6-5-7-18(12-17)24-21(28)14-32-23-26-25-20(27(23)4)13-30-19-10-8-16(3)9-11-19/h5-12,15H,13-14H2,1-4H3,(H,24,28). The van der Waals surface area contributed by atoms with Gasteiger partial charge in [0.25, 0.3) is 0 Å². The number of thioether (sulfide) groups is 1. The highest BCUT2D eigenvalue weighted by molar-refractivity contribution is 7.99. The summed E-state index contributed by atoms with van der Waals surface area (Å²) in [5.41, 5.74) is 2.07. The summed E-state index contributed by atoms with van der Waals surface area (Å²) in [4.78, 5) is 24.4. The lowest BCUT2D eigenvalue weighted by Crippen LogP contribution is -2.16. The Labute approximate surface area is 191 Å². The van der Waals surface area contributed by atoms with E-state index in [9.17, 15) is 9.59 Å². The second kappa shape index (κ2) is 10.8. The first-order chi connectivity index (χ1) is 15.3. The molecule has 1 heterocycles. The lowest BCUT2D eigenvalue weighted by Gasteiger charge is -2.10. The fourth-order valence-electron chi connectivity index (χ4n) is 2.71. The number of aromatic nitrogens is 3. The van der Waals surface area contributed by atoms with Crippen LogP contribution in [0, 0.1) is 6.92 Å². The van der Waals surface area contributed by atoms with Crippen LogP contribution in [0.15, 0.2) is 53.7 Å². The van der Waals surface area contributed by atoms with E-state index in [4.69, 9.17) is 9.47 Å². The molecule has 0 aliphatic rings. The zero-order valence-corrected chi connectivity index (χ0v) is 19.3. The minimum atomic E-state index is -0.426. The molecule has 0 bridgehead atoms. The van der Waals surface area contributed by atoms with E-state index in [1.807, 2.05) is 38.2 Å². The van der Waals surface area contributed by atoms with E-state index < -0.39 is 5.97 Å². The van der Waals surface area contributed by atoms with Gasteiger partial charge in [-0.2, -0.15) is 0 Å². The van der Waals surface area contributed by atoms with Crippen molar-refractivity contribution in [1.29, 1.82) is 0 Å². The maximum atomic E-state index is 12.4. The molecule has 0 aliphatic heterocycles. The number of ether oxygens (including phenoxy) is 2. The van der Waals surface area contributed by atoms with Crippen molar-refractivity contribution in [3.63, 3.8) is 0 Å². The van der Waals surface area contributed by atoms with Crippen LogP contribution in [0.5, 0.6) is 5.75 Å². The third-order valence-electron chi connectivity index (χ3n) is 4.37. The second-order valence-corrected chi connectivity index (χ2v) is 8.37. The number of nitrogens with zero attached hydrogens (tertiary/aromatic N) is 3. The first-order valence-corrected chi connectivity index (χ1v) is 11.1. The summed E-state index contributed by atoms with van der Waals surface area (Å²) in [5, 5.41) is 11.7. The van der Waals surface area contributed by atoms with Gasteiger partial charge in [-0.3, -0.25) is 4.79 Å². The zero-order chi connectivity index (χ0) is 23.1. The summed E-state index contributed by atoms with van der Waals surface area (Å²) in [6.07, 6.45) is -0.212. The predicted octanol–water partition coefficient (Wildman–Crippen LogP) is 4.00. The first kappa shape index (κ1) is 23.3. The van der Waals surface area contributed by atoms with Crippen LogP contribution >= 0.6 is 11.8 Å². The monoisotopic (exact) mass is 454 g/mol. The molecule has 8 nitrogen and oxygen atoms in total. The summed E-state index contributed by atoms with van der Waals surface area (Å²) < 4.78 is 12.7. The molecule has 0 atom stereocenters. The fourth-order valence-corrected chi connectivity index (χ4v) is 3.44. The second-order valence-electron chi connectivity index (χ2n) is 7.43. The quantitative estimate of drug-likeness (QED) is 0.386. The summed E-state index contributed by atoms with van der Waals surface area (Å²) in [7, 11) is 1.83. The van der Waals surface area contributed by atoms with Gasteiger partial charge in [0.2, 0.25) is 5.91 Å². The highest BCUT2D eigenvalue weighted by atomic mass is 32.2. The smallest absolute Gasteiger partial charge is 0.338 e. The number of aryl methyl sites for hydroxylation is 1. The van der Waals surface area contributed by atoms with Gasteiger partial charge in [0, 0.05) is 12.7 Å². The summed E-state index contributed by atoms with van der Waals surface area (Å²) in [5.74, 6) is 0.914. The number of nitrogens with one attached hydrogen (secondary N) is 1. The van der Waals surface area contributed by atoms with Crippen LogP contribution in [-0.4, -0.2) is 38.5 Å². The number of hydrogen-bond donors (Lipinski definition) is 1. The number of rotatable bonds is 9. The number of benzene rings is 2. The predicted molar refractivity (Wildman–Crippen MR) is 123 cm³/mol. The van der Waals surface area contributed by atoms with Crippen LogP contribution in [0.2, 0.25) is 0 Å². The fraction of sp³-hybridized carbons (Fsp3) is 0.304. The van der Waals surface area contributed by atoms with Crippen molar-refractivity contribution in [1.82, 2.24) is 14.8 Å². The van der Waals surface area contributed by atoms with Crippen molar-refractivity contribution in [2.24, 2.45) is 7.05 Å². The Hall–Kier alpha value is -3.33. The molecule has 0 saturated carbocycles. The SMILES string of the molecule is Cc1ccc(OCc2nnc(SCC(=O)Nc3cccc(C(=O)OC(C)C)c3)n2C)cc1. The molecule has 1 amide bonds. The molecule has 9 heteroatoms. The Bertz CT molecular complexity index is 1080. The van der Waals surface area contributed by atoms with Gasteiger partial charge in [-0.15, -0.1) is 10.2 Å². The van der Waals surface area contributed by atoms with E-state index in [2.05, 4.69) is 15.5 Å². The maximum Gasteiger partial charge on any atom is 0.338 e. The van der Waals surface area contributed by atoms with Crippen molar-refractivity contribution in [2.75, 3.05) is 11.1 Å². The molecule has 0 aliphatic carbocycles. The highest BCUT2D eigenvalue weighted by Crippen LogP contribution is 2.19. The minimum Gasteiger partial charge on any atom is -0.486 e. The van der Waals surface area contributed by atoms with Crippen LogP contribution in [0.4, 0.5) is 5.69 Å². The number of amides is 1. The summed E-state index contributed by atoms with van der Waals surface area (Å²) >= 11 is 1.27. The Morgan fingerprint density at radius 1 is 1.12 bits per heavy atom. The molecule has 32 heavy (non-hydrogen) atoms. The van der Waals surface area contributed by atoms with Gasteiger partial charge in [-0.25, -0.2) is 4.79 Å².